The van der Waals surface area contributed by atoms with Gasteiger partial charge in [-0.05, 0) is 30.3 Å². The number of nitrogens with one attached hydrogen (secondary N) is 1. The molecule has 0 saturated carbocycles. The lowest BCUT2D eigenvalue weighted by Gasteiger charge is -2.05. The molecule has 0 bridgehead atoms. The normalized spacial score (nSPS) is 10.3. The van der Waals surface area contributed by atoms with E-state index in [4.69, 9.17) is 0 Å². The van der Waals surface area contributed by atoms with Gasteiger partial charge in [-0.15, -0.1) is 0 Å². The van der Waals surface area contributed by atoms with Gasteiger partial charge in [-0.3, -0.25) is 9.59 Å². The molecule has 4 nitrogen and oxygen atoms in total. The second-order valence-electron chi connectivity index (χ2n) is 4.40. The Hall–Kier alpha value is -2.43. The molecule has 1 aromatic heterocycles. The monoisotopic (exact) mass is 274 g/mol. The maximum Gasteiger partial charge on any atom is 0.244 e. The van der Waals surface area contributed by atoms with Crippen molar-refractivity contribution in [3.63, 3.8) is 0 Å². The van der Waals surface area contributed by atoms with Crippen molar-refractivity contribution in [1.82, 2.24) is 4.57 Å². The van der Waals surface area contributed by atoms with Crippen LogP contribution in [0.1, 0.15) is 23.7 Å². The van der Waals surface area contributed by atoms with E-state index in [1.165, 1.54) is 24.3 Å². The van der Waals surface area contributed by atoms with Crippen LogP contribution in [-0.4, -0.2) is 16.3 Å². The molecule has 1 amide bonds. The lowest BCUT2D eigenvalue weighted by molar-refractivity contribution is -0.116. The molecule has 0 saturated heterocycles. The number of anilines is 1. The Balaban J connectivity index is 1.96. The van der Waals surface area contributed by atoms with E-state index in [1.807, 2.05) is 0 Å². The number of rotatable bonds is 5. The lowest BCUT2D eigenvalue weighted by atomic mass is 10.2. The summed E-state index contributed by atoms with van der Waals surface area (Å²) in [6.45, 7) is 1.90. The Kier molecular flexibility index (Phi) is 4.30. The van der Waals surface area contributed by atoms with Gasteiger partial charge in [0.25, 0.3) is 0 Å². The summed E-state index contributed by atoms with van der Waals surface area (Å²) >= 11 is 0. The van der Waals surface area contributed by atoms with Crippen molar-refractivity contribution in [2.24, 2.45) is 0 Å². The zero-order chi connectivity index (χ0) is 14.5. The van der Waals surface area contributed by atoms with Gasteiger partial charge in [-0.25, -0.2) is 4.39 Å². The number of aromatic nitrogens is 1. The number of halogens is 1. The summed E-state index contributed by atoms with van der Waals surface area (Å²) in [6.07, 6.45) is 3.77. The van der Waals surface area contributed by atoms with Gasteiger partial charge >= 0.3 is 0 Å². The third-order valence-corrected chi connectivity index (χ3v) is 2.85. The van der Waals surface area contributed by atoms with E-state index in [-0.39, 0.29) is 24.1 Å². The highest BCUT2D eigenvalue weighted by Crippen LogP contribution is 2.09. The van der Waals surface area contributed by atoms with Gasteiger partial charge < -0.3 is 9.88 Å². The van der Waals surface area contributed by atoms with Crippen LogP contribution in [0.5, 0.6) is 0 Å². The SMILES string of the molecule is CCC(=O)c1ccn(CC(=O)Nc2ccc(F)cc2)c1. The Bertz CT molecular complexity index is 617. The van der Waals surface area contributed by atoms with Crippen LogP contribution in [-0.2, 0) is 11.3 Å². The maximum atomic E-state index is 12.7. The number of carbonyl (C=O) groups is 2. The molecule has 0 unspecified atom stereocenters. The molecule has 0 aliphatic heterocycles. The maximum absolute atomic E-state index is 12.7. The molecular weight excluding hydrogens is 259 g/mol. The third kappa shape index (κ3) is 3.54. The molecule has 0 spiro atoms. The molecule has 1 heterocycles. The first-order valence-corrected chi connectivity index (χ1v) is 6.33. The number of hydrogen-bond donors (Lipinski definition) is 1. The van der Waals surface area contributed by atoms with Crippen molar-refractivity contribution in [3.05, 3.63) is 54.1 Å². The van der Waals surface area contributed by atoms with E-state index < -0.39 is 0 Å². The molecule has 20 heavy (non-hydrogen) atoms. The van der Waals surface area contributed by atoms with E-state index in [2.05, 4.69) is 5.32 Å². The van der Waals surface area contributed by atoms with Gasteiger partial charge in [0.15, 0.2) is 5.78 Å². The quantitative estimate of drug-likeness (QED) is 0.852. The smallest absolute Gasteiger partial charge is 0.244 e. The number of nitrogens with zero attached hydrogens (tertiary/aromatic N) is 1. The highest BCUT2D eigenvalue weighted by atomic mass is 19.1. The largest absolute Gasteiger partial charge is 0.344 e. The van der Waals surface area contributed by atoms with E-state index in [0.29, 0.717) is 17.7 Å². The summed E-state index contributed by atoms with van der Waals surface area (Å²) in [4.78, 5) is 23.3. The standard InChI is InChI=1S/C15H15FN2O2/c1-2-14(19)11-7-8-18(9-11)10-15(20)17-13-5-3-12(16)4-6-13/h3-9H,2,10H2,1H3,(H,17,20). The molecule has 0 aliphatic rings. The lowest BCUT2D eigenvalue weighted by Crippen LogP contribution is -2.17. The summed E-state index contributed by atoms with van der Waals surface area (Å²) in [5.74, 6) is -0.540. The van der Waals surface area contributed by atoms with Gasteiger partial charge in [0.05, 0.1) is 0 Å². The average Bonchev–Trinajstić information content (AvgIpc) is 2.89. The molecule has 0 aliphatic carbocycles. The van der Waals surface area contributed by atoms with Gasteiger partial charge in [0, 0.05) is 30.1 Å². The van der Waals surface area contributed by atoms with Crippen LogP contribution in [0.25, 0.3) is 0 Å². The van der Waals surface area contributed by atoms with Crippen LogP contribution in [0, 0.1) is 5.82 Å². The molecule has 1 N–H and O–H groups in total. The summed E-state index contributed by atoms with van der Waals surface area (Å²) in [5, 5.41) is 2.66. The van der Waals surface area contributed by atoms with Crippen LogP contribution in [0.15, 0.2) is 42.7 Å². The predicted octanol–water partition coefficient (Wildman–Crippen LogP) is 2.86. The van der Waals surface area contributed by atoms with Crippen LogP contribution in [0.2, 0.25) is 0 Å². The van der Waals surface area contributed by atoms with Crippen LogP contribution in [0.3, 0.4) is 0 Å². The fourth-order valence-corrected chi connectivity index (χ4v) is 1.81. The predicted molar refractivity (Wildman–Crippen MR) is 74.1 cm³/mol. The van der Waals surface area contributed by atoms with Crippen molar-refractivity contribution < 1.29 is 14.0 Å². The topological polar surface area (TPSA) is 51.1 Å². The fraction of sp³-hybridized carbons (Fsp3) is 0.200. The van der Waals surface area contributed by atoms with Gasteiger partial charge in [0.1, 0.15) is 12.4 Å². The molecule has 0 radical (unpaired) electrons. The Morgan fingerprint density at radius 3 is 2.55 bits per heavy atom. The molecule has 2 rings (SSSR count). The van der Waals surface area contributed by atoms with Gasteiger partial charge in [-0.2, -0.15) is 0 Å². The highest BCUT2D eigenvalue weighted by molar-refractivity contribution is 5.96. The minimum atomic E-state index is -0.351. The Morgan fingerprint density at radius 1 is 1.20 bits per heavy atom. The molecule has 0 fully saturated rings. The molecule has 1 aromatic carbocycles. The van der Waals surface area contributed by atoms with Crippen molar-refractivity contribution in [2.45, 2.75) is 19.9 Å². The Labute approximate surface area is 116 Å². The van der Waals surface area contributed by atoms with E-state index in [0.717, 1.165) is 0 Å². The molecule has 104 valence electrons. The number of benzene rings is 1. The third-order valence-electron chi connectivity index (χ3n) is 2.85. The minimum absolute atomic E-state index is 0.0442. The number of carbonyl (C=O) groups excluding carboxylic acids is 2. The van der Waals surface area contributed by atoms with Crippen LogP contribution >= 0.6 is 0 Å². The van der Waals surface area contributed by atoms with Crippen molar-refractivity contribution in [1.29, 1.82) is 0 Å². The van der Waals surface area contributed by atoms with Crippen molar-refractivity contribution >= 4 is 17.4 Å². The number of ketones is 1. The van der Waals surface area contributed by atoms with Crippen molar-refractivity contribution in [2.75, 3.05) is 5.32 Å². The fourth-order valence-electron chi connectivity index (χ4n) is 1.81. The average molecular weight is 274 g/mol. The zero-order valence-electron chi connectivity index (χ0n) is 11.1. The summed E-state index contributed by atoms with van der Waals surface area (Å²) in [5.41, 5.74) is 1.13. The van der Waals surface area contributed by atoms with E-state index in [9.17, 15) is 14.0 Å². The summed E-state index contributed by atoms with van der Waals surface area (Å²) in [7, 11) is 0. The zero-order valence-corrected chi connectivity index (χ0v) is 11.1. The number of amides is 1. The first-order valence-electron chi connectivity index (χ1n) is 6.33. The van der Waals surface area contributed by atoms with Crippen LogP contribution < -0.4 is 5.32 Å². The first kappa shape index (κ1) is 14.0. The van der Waals surface area contributed by atoms with Crippen molar-refractivity contribution in [3.8, 4) is 0 Å². The van der Waals surface area contributed by atoms with Crippen LogP contribution in [0.4, 0.5) is 10.1 Å². The summed E-state index contributed by atoms with van der Waals surface area (Å²) in [6, 6.07) is 7.24. The Morgan fingerprint density at radius 2 is 1.90 bits per heavy atom. The second kappa shape index (κ2) is 6.14. The molecular formula is C15H15FN2O2. The molecule has 2 aromatic rings. The van der Waals surface area contributed by atoms with E-state index >= 15 is 0 Å². The molecule has 5 heteroatoms. The highest BCUT2D eigenvalue weighted by Gasteiger charge is 2.07. The van der Waals surface area contributed by atoms with E-state index in [1.54, 1.807) is 30.0 Å². The minimum Gasteiger partial charge on any atom is -0.344 e. The first-order chi connectivity index (χ1) is 9.58. The second-order valence-corrected chi connectivity index (χ2v) is 4.40. The number of Topliss-reactive ketones (excluding diaryl/α,β-unsaturated/α-hetero) is 1. The van der Waals surface area contributed by atoms with Gasteiger partial charge in [0.2, 0.25) is 5.91 Å². The number of hydrogen-bond acceptors (Lipinski definition) is 2. The summed E-state index contributed by atoms with van der Waals surface area (Å²) < 4.78 is 14.4. The molecule has 0 atom stereocenters. The van der Waals surface area contributed by atoms with Gasteiger partial charge in [-0.1, -0.05) is 6.92 Å².